The molecular weight excluding hydrogens is 218 g/mol. The summed E-state index contributed by atoms with van der Waals surface area (Å²) in [6.45, 7) is 5.95. The minimum atomic E-state index is -0.0533. The number of nitrogens with two attached hydrogens (primary N) is 1. The summed E-state index contributed by atoms with van der Waals surface area (Å²) in [7, 11) is 1.76. The molecule has 17 heavy (non-hydrogen) atoms. The number of hydrogen-bond donors (Lipinski definition) is 2. The van der Waals surface area contributed by atoms with Gasteiger partial charge in [0.1, 0.15) is 5.84 Å². The highest BCUT2D eigenvalue weighted by Gasteiger charge is 2.21. The lowest BCUT2D eigenvalue weighted by atomic mass is 10.0. The fourth-order valence-electron chi connectivity index (χ4n) is 1.68. The van der Waals surface area contributed by atoms with Crippen LogP contribution in [0.1, 0.15) is 46.5 Å². The maximum atomic E-state index is 12.0. The Bertz CT molecular complexity index is 266. The van der Waals surface area contributed by atoms with Crippen LogP contribution in [-0.2, 0) is 4.79 Å². The fourth-order valence-corrected chi connectivity index (χ4v) is 1.68. The van der Waals surface area contributed by atoms with Crippen LogP contribution >= 0.6 is 0 Å². The van der Waals surface area contributed by atoms with E-state index in [1.807, 2.05) is 13.8 Å². The molecule has 0 radical (unpaired) electrons. The van der Waals surface area contributed by atoms with Crippen molar-refractivity contribution in [2.45, 2.75) is 52.5 Å². The molecule has 0 spiro atoms. The maximum absolute atomic E-state index is 12.0. The lowest BCUT2D eigenvalue weighted by Gasteiger charge is -2.27. The van der Waals surface area contributed by atoms with Gasteiger partial charge in [-0.25, -0.2) is 0 Å². The van der Waals surface area contributed by atoms with Crippen molar-refractivity contribution in [1.29, 1.82) is 0 Å². The van der Waals surface area contributed by atoms with Crippen molar-refractivity contribution < 1.29 is 10.0 Å². The molecule has 2 atom stereocenters. The zero-order valence-electron chi connectivity index (χ0n) is 11.3. The summed E-state index contributed by atoms with van der Waals surface area (Å²) >= 11 is 0. The molecule has 0 bridgehead atoms. The summed E-state index contributed by atoms with van der Waals surface area (Å²) in [6.07, 6.45) is 3.46. The minimum absolute atomic E-state index is 0.0367. The average Bonchev–Trinajstić information content (AvgIpc) is 2.33. The van der Waals surface area contributed by atoms with E-state index in [4.69, 9.17) is 10.9 Å². The predicted octanol–water partition coefficient (Wildman–Crippen LogP) is 1.80. The second-order valence-electron chi connectivity index (χ2n) is 4.64. The molecule has 0 saturated heterocycles. The highest BCUT2D eigenvalue weighted by molar-refractivity contribution is 5.82. The summed E-state index contributed by atoms with van der Waals surface area (Å²) in [5.74, 6) is 0.310. The van der Waals surface area contributed by atoms with Gasteiger partial charge < -0.3 is 15.8 Å². The van der Waals surface area contributed by atoms with E-state index in [0.29, 0.717) is 6.42 Å². The summed E-state index contributed by atoms with van der Waals surface area (Å²) in [5.41, 5.74) is 5.43. The number of nitrogens with zero attached hydrogens (tertiary/aromatic N) is 2. The number of carbonyl (C=O) groups is 1. The number of hydrogen-bond acceptors (Lipinski definition) is 3. The second-order valence-corrected chi connectivity index (χ2v) is 4.64. The van der Waals surface area contributed by atoms with Crippen molar-refractivity contribution in [1.82, 2.24) is 4.90 Å². The summed E-state index contributed by atoms with van der Waals surface area (Å²) < 4.78 is 0. The lowest BCUT2D eigenvalue weighted by molar-refractivity contribution is -0.135. The van der Waals surface area contributed by atoms with Crippen LogP contribution in [-0.4, -0.2) is 34.9 Å². The standard InChI is InChI=1S/C12H25N3O2/c1-5-6-7-9(2)12(16)15(4)10(3)8-11(13)14-17/h9-10,17H,5-8H2,1-4H3,(H2,13,14). The molecule has 0 rings (SSSR count). The third kappa shape index (κ3) is 5.56. The first kappa shape index (κ1) is 15.7. The molecule has 100 valence electrons. The van der Waals surface area contributed by atoms with Gasteiger partial charge in [0, 0.05) is 25.4 Å². The van der Waals surface area contributed by atoms with E-state index in [0.717, 1.165) is 19.3 Å². The van der Waals surface area contributed by atoms with Gasteiger partial charge in [0.05, 0.1) is 0 Å². The lowest BCUT2D eigenvalue weighted by Crippen LogP contribution is -2.40. The average molecular weight is 243 g/mol. The Labute approximate surface area is 104 Å². The van der Waals surface area contributed by atoms with E-state index in [1.165, 1.54) is 0 Å². The largest absolute Gasteiger partial charge is 0.409 e. The Morgan fingerprint density at radius 1 is 1.47 bits per heavy atom. The van der Waals surface area contributed by atoms with Crippen LogP contribution in [0.2, 0.25) is 0 Å². The van der Waals surface area contributed by atoms with Gasteiger partial charge in [-0.2, -0.15) is 0 Å². The van der Waals surface area contributed by atoms with Gasteiger partial charge in [-0.15, -0.1) is 0 Å². The van der Waals surface area contributed by atoms with Crippen LogP contribution in [0.3, 0.4) is 0 Å². The topological polar surface area (TPSA) is 78.9 Å². The number of amides is 1. The molecule has 3 N–H and O–H groups in total. The van der Waals surface area contributed by atoms with Crippen LogP contribution in [0.5, 0.6) is 0 Å². The van der Waals surface area contributed by atoms with E-state index >= 15 is 0 Å². The van der Waals surface area contributed by atoms with Crippen LogP contribution in [0, 0.1) is 5.92 Å². The highest BCUT2D eigenvalue weighted by atomic mass is 16.4. The quantitative estimate of drug-likeness (QED) is 0.310. The third-order valence-electron chi connectivity index (χ3n) is 3.05. The number of rotatable bonds is 7. The zero-order valence-corrected chi connectivity index (χ0v) is 11.3. The van der Waals surface area contributed by atoms with Crippen molar-refractivity contribution in [3.8, 4) is 0 Å². The number of unbranched alkanes of at least 4 members (excludes halogenated alkanes) is 1. The van der Waals surface area contributed by atoms with Gasteiger partial charge >= 0.3 is 0 Å². The SMILES string of the molecule is CCCCC(C)C(=O)N(C)C(C)CC(N)=NO. The molecule has 0 heterocycles. The van der Waals surface area contributed by atoms with Crippen molar-refractivity contribution in [2.24, 2.45) is 16.8 Å². The summed E-state index contributed by atoms with van der Waals surface area (Å²) in [6, 6.07) is -0.0533. The van der Waals surface area contributed by atoms with Gasteiger partial charge in [-0.3, -0.25) is 4.79 Å². The molecule has 2 unspecified atom stereocenters. The van der Waals surface area contributed by atoms with Crippen molar-refractivity contribution in [2.75, 3.05) is 7.05 Å². The van der Waals surface area contributed by atoms with Crippen molar-refractivity contribution >= 4 is 11.7 Å². The molecule has 0 saturated carbocycles. The number of amidine groups is 1. The summed E-state index contributed by atoms with van der Waals surface area (Å²) in [5, 5.41) is 11.4. The van der Waals surface area contributed by atoms with E-state index in [1.54, 1.807) is 11.9 Å². The molecule has 0 aliphatic rings. The molecule has 0 aromatic rings. The van der Waals surface area contributed by atoms with Crippen LogP contribution < -0.4 is 5.73 Å². The fraction of sp³-hybridized carbons (Fsp3) is 0.833. The van der Waals surface area contributed by atoms with Crippen molar-refractivity contribution in [3.05, 3.63) is 0 Å². The smallest absolute Gasteiger partial charge is 0.225 e. The predicted molar refractivity (Wildman–Crippen MR) is 68.9 cm³/mol. The monoisotopic (exact) mass is 243 g/mol. The molecule has 0 aliphatic heterocycles. The second kappa shape index (κ2) is 7.92. The van der Waals surface area contributed by atoms with Crippen LogP contribution in [0.4, 0.5) is 0 Å². The van der Waals surface area contributed by atoms with E-state index < -0.39 is 0 Å². The van der Waals surface area contributed by atoms with Crippen LogP contribution in [0.25, 0.3) is 0 Å². The van der Waals surface area contributed by atoms with E-state index in [-0.39, 0.29) is 23.7 Å². The Kier molecular flexibility index (Phi) is 7.34. The van der Waals surface area contributed by atoms with Crippen LogP contribution in [0.15, 0.2) is 5.16 Å². The normalized spacial score (nSPS) is 15.4. The van der Waals surface area contributed by atoms with E-state index in [9.17, 15) is 4.79 Å². The molecule has 0 aromatic heterocycles. The molecular formula is C12H25N3O2. The first-order chi connectivity index (χ1) is 7.93. The highest BCUT2D eigenvalue weighted by Crippen LogP contribution is 2.13. The molecule has 0 fully saturated rings. The Morgan fingerprint density at radius 2 is 2.06 bits per heavy atom. The molecule has 1 amide bonds. The van der Waals surface area contributed by atoms with Gasteiger partial charge in [0.2, 0.25) is 5.91 Å². The van der Waals surface area contributed by atoms with Gasteiger partial charge in [0.15, 0.2) is 0 Å². The molecule has 0 aromatic carbocycles. The Hall–Kier alpha value is -1.26. The third-order valence-corrected chi connectivity index (χ3v) is 3.05. The molecule has 5 nitrogen and oxygen atoms in total. The Morgan fingerprint density at radius 3 is 2.53 bits per heavy atom. The summed E-state index contributed by atoms with van der Waals surface area (Å²) in [4.78, 5) is 13.7. The van der Waals surface area contributed by atoms with Crippen molar-refractivity contribution in [3.63, 3.8) is 0 Å². The number of oxime groups is 1. The molecule has 0 aliphatic carbocycles. The van der Waals surface area contributed by atoms with Gasteiger partial charge in [0.25, 0.3) is 0 Å². The molecule has 5 heteroatoms. The van der Waals surface area contributed by atoms with Gasteiger partial charge in [-0.1, -0.05) is 31.8 Å². The zero-order chi connectivity index (χ0) is 13.4. The Balaban J connectivity index is 4.28. The van der Waals surface area contributed by atoms with Gasteiger partial charge in [-0.05, 0) is 13.3 Å². The first-order valence-electron chi connectivity index (χ1n) is 6.17. The number of carbonyl (C=O) groups excluding carboxylic acids is 1. The van der Waals surface area contributed by atoms with E-state index in [2.05, 4.69) is 12.1 Å². The minimum Gasteiger partial charge on any atom is -0.409 e. The maximum Gasteiger partial charge on any atom is 0.225 e. The first-order valence-corrected chi connectivity index (χ1v) is 6.17.